The summed E-state index contributed by atoms with van der Waals surface area (Å²) in [5, 5.41) is 0. The number of methoxy groups -OCH3 is 1. The molecular formula is C13H11FN4O. The molecule has 0 aliphatic rings. The number of rotatable bonds is 2. The van der Waals surface area contributed by atoms with Crippen molar-refractivity contribution in [2.75, 3.05) is 12.8 Å². The standard InChI is InChI=1S/C13H11FN4O/c1-19-11-5-2-8(6-16-11)12-13(15)18-7-9(14)3-4-10(18)17-12/h2-7H,15H2,1H3. The van der Waals surface area contributed by atoms with E-state index in [2.05, 4.69) is 9.97 Å². The summed E-state index contributed by atoms with van der Waals surface area (Å²) in [5.74, 6) is 0.523. The molecule has 0 spiro atoms. The molecule has 0 aromatic carbocycles. The number of nitrogens with zero attached hydrogens (tertiary/aromatic N) is 3. The number of anilines is 1. The lowest BCUT2D eigenvalue weighted by Gasteiger charge is -2.01. The quantitative estimate of drug-likeness (QED) is 0.764. The first kappa shape index (κ1) is 11.5. The molecule has 0 bridgehead atoms. The van der Waals surface area contributed by atoms with Crippen LogP contribution < -0.4 is 10.5 Å². The van der Waals surface area contributed by atoms with E-state index in [-0.39, 0.29) is 5.82 Å². The van der Waals surface area contributed by atoms with Gasteiger partial charge in [-0.1, -0.05) is 0 Å². The van der Waals surface area contributed by atoms with Gasteiger partial charge in [0.05, 0.1) is 7.11 Å². The molecule has 96 valence electrons. The first-order chi connectivity index (χ1) is 9.19. The van der Waals surface area contributed by atoms with Gasteiger partial charge in [0, 0.05) is 24.0 Å². The summed E-state index contributed by atoms with van der Waals surface area (Å²) < 4.78 is 19.7. The smallest absolute Gasteiger partial charge is 0.212 e. The monoisotopic (exact) mass is 258 g/mol. The molecule has 0 saturated heterocycles. The maximum absolute atomic E-state index is 13.2. The number of nitrogens with two attached hydrogens (primary N) is 1. The fraction of sp³-hybridized carbons (Fsp3) is 0.0769. The van der Waals surface area contributed by atoms with Crippen LogP contribution in [0.4, 0.5) is 10.2 Å². The van der Waals surface area contributed by atoms with Crippen LogP contribution in [0.1, 0.15) is 0 Å². The molecule has 0 fully saturated rings. The van der Waals surface area contributed by atoms with E-state index in [0.717, 1.165) is 5.56 Å². The van der Waals surface area contributed by atoms with Crippen LogP contribution in [0.15, 0.2) is 36.7 Å². The number of pyridine rings is 2. The van der Waals surface area contributed by atoms with Crippen molar-refractivity contribution in [1.82, 2.24) is 14.4 Å². The Hall–Kier alpha value is -2.63. The number of nitrogen functional groups attached to an aromatic ring is 1. The average Bonchev–Trinajstić information content (AvgIpc) is 2.76. The number of halogens is 1. The van der Waals surface area contributed by atoms with Gasteiger partial charge in [-0.05, 0) is 18.2 Å². The SMILES string of the molecule is COc1ccc(-c2nc3ccc(F)cn3c2N)cn1. The van der Waals surface area contributed by atoms with E-state index in [1.165, 1.54) is 16.7 Å². The Morgan fingerprint density at radius 1 is 1.26 bits per heavy atom. The number of ether oxygens (including phenoxy) is 1. The molecule has 0 saturated carbocycles. The fourth-order valence-corrected chi connectivity index (χ4v) is 1.89. The van der Waals surface area contributed by atoms with Crippen molar-refractivity contribution in [3.05, 3.63) is 42.5 Å². The molecular weight excluding hydrogens is 247 g/mol. The maximum atomic E-state index is 13.2. The number of hydrogen-bond acceptors (Lipinski definition) is 4. The van der Waals surface area contributed by atoms with Gasteiger partial charge < -0.3 is 10.5 Å². The highest BCUT2D eigenvalue weighted by Gasteiger charge is 2.12. The predicted molar refractivity (Wildman–Crippen MR) is 69.3 cm³/mol. The van der Waals surface area contributed by atoms with Crippen molar-refractivity contribution < 1.29 is 9.13 Å². The van der Waals surface area contributed by atoms with Gasteiger partial charge in [0.25, 0.3) is 0 Å². The van der Waals surface area contributed by atoms with E-state index in [9.17, 15) is 4.39 Å². The van der Waals surface area contributed by atoms with Crippen LogP contribution in [-0.4, -0.2) is 21.5 Å². The van der Waals surface area contributed by atoms with Gasteiger partial charge >= 0.3 is 0 Å². The van der Waals surface area contributed by atoms with Gasteiger partial charge in [-0.25, -0.2) is 14.4 Å². The second kappa shape index (κ2) is 4.24. The Balaban J connectivity index is 2.16. The molecule has 0 radical (unpaired) electrons. The lowest BCUT2D eigenvalue weighted by atomic mass is 10.2. The molecule has 0 atom stereocenters. The Kier molecular flexibility index (Phi) is 2.56. The van der Waals surface area contributed by atoms with E-state index < -0.39 is 0 Å². The van der Waals surface area contributed by atoms with E-state index in [0.29, 0.717) is 23.0 Å². The topological polar surface area (TPSA) is 65.4 Å². The summed E-state index contributed by atoms with van der Waals surface area (Å²) in [6.07, 6.45) is 2.92. The van der Waals surface area contributed by atoms with Crippen LogP contribution in [0, 0.1) is 5.82 Å². The number of imidazole rings is 1. The third kappa shape index (κ3) is 1.87. The van der Waals surface area contributed by atoms with Gasteiger partial charge in [-0.2, -0.15) is 0 Å². The summed E-state index contributed by atoms with van der Waals surface area (Å²) in [6, 6.07) is 6.45. The molecule has 6 heteroatoms. The highest BCUT2D eigenvalue weighted by Crippen LogP contribution is 2.26. The highest BCUT2D eigenvalue weighted by molar-refractivity contribution is 5.74. The minimum absolute atomic E-state index is 0.365. The number of hydrogen-bond donors (Lipinski definition) is 1. The summed E-state index contributed by atoms with van der Waals surface area (Å²) in [4.78, 5) is 8.47. The summed E-state index contributed by atoms with van der Waals surface area (Å²) in [6.45, 7) is 0. The molecule has 0 aliphatic heterocycles. The molecule has 5 nitrogen and oxygen atoms in total. The van der Waals surface area contributed by atoms with Crippen molar-refractivity contribution in [3.63, 3.8) is 0 Å². The molecule has 3 rings (SSSR count). The van der Waals surface area contributed by atoms with Crippen molar-refractivity contribution in [1.29, 1.82) is 0 Å². The van der Waals surface area contributed by atoms with E-state index >= 15 is 0 Å². The minimum atomic E-state index is -0.365. The van der Waals surface area contributed by atoms with E-state index in [1.54, 1.807) is 31.5 Å². The Morgan fingerprint density at radius 2 is 2.11 bits per heavy atom. The van der Waals surface area contributed by atoms with Crippen LogP contribution in [0.25, 0.3) is 16.9 Å². The molecule has 0 unspecified atom stereocenters. The molecule has 3 aromatic heterocycles. The van der Waals surface area contributed by atoms with Crippen molar-refractivity contribution in [2.45, 2.75) is 0 Å². The first-order valence-electron chi connectivity index (χ1n) is 5.62. The maximum Gasteiger partial charge on any atom is 0.212 e. The second-order valence-electron chi connectivity index (χ2n) is 4.01. The van der Waals surface area contributed by atoms with E-state index in [4.69, 9.17) is 10.5 Å². The Bertz CT molecular complexity index is 736. The lowest BCUT2D eigenvalue weighted by Crippen LogP contribution is -1.95. The van der Waals surface area contributed by atoms with Crippen molar-refractivity contribution >= 4 is 11.5 Å². The number of fused-ring (bicyclic) bond motifs is 1. The molecule has 2 N–H and O–H groups in total. The van der Waals surface area contributed by atoms with Crippen LogP contribution >= 0.6 is 0 Å². The number of aromatic nitrogens is 3. The molecule has 3 aromatic rings. The molecule has 0 aliphatic carbocycles. The van der Waals surface area contributed by atoms with Gasteiger partial charge in [0.1, 0.15) is 23.0 Å². The fourth-order valence-electron chi connectivity index (χ4n) is 1.89. The van der Waals surface area contributed by atoms with Gasteiger partial charge in [0.2, 0.25) is 5.88 Å². The van der Waals surface area contributed by atoms with Crippen molar-refractivity contribution in [2.24, 2.45) is 0 Å². The minimum Gasteiger partial charge on any atom is -0.481 e. The van der Waals surface area contributed by atoms with Crippen LogP contribution in [0.5, 0.6) is 5.88 Å². The van der Waals surface area contributed by atoms with Crippen LogP contribution in [-0.2, 0) is 0 Å². The third-order valence-electron chi connectivity index (χ3n) is 2.84. The zero-order chi connectivity index (χ0) is 13.4. The van der Waals surface area contributed by atoms with Gasteiger partial charge in [-0.3, -0.25) is 4.40 Å². The summed E-state index contributed by atoms with van der Waals surface area (Å²) in [7, 11) is 1.55. The summed E-state index contributed by atoms with van der Waals surface area (Å²) in [5.41, 5.74) is 7.90. The second-order valence-corrected chi connectivity index (χ2v) is 4.01. The summed E-state index contributed by atoms with van der Waals surface area (Å²) >= 11 is 0. The van der Waals surface area contributed by atoms with Crippen LogP contribution in [0.2, 0.25) is 0 Å². The van der Waals surface area contributed by atoms with Gasteiger partial charge in [-0.15, -0.1) is 0 Å². The van der Waals surface area contributed by atoms with Gasteiger partial charge in [0.15, 0.2) is 0 Å². The predicted octanol–water partition coefficient (Wildman–Crippen LogP) is 2.13. The van der Waals surface area contributed by atoms with E-state index in [1.807, 2.05) is 0 Å². The lowest BCUT2D eigenvalue weighted by molar-refractivity contribution is 0.398. The largest absolute Gasteiger partial charge is 0.481 e. The first-order valence-corrected chi connectivity index (χ1v) is 5.62. The normalized spacial score (nSPS) is 10.8. The molecule has 0 amide bonds. The zero-order valence-electron chi connectivity index (χ0n) is 10.2. The molecule has 19 heavy (non-hydrogen) atoms. The van der Waals surface area contributed by atoms with Crippen molar-refractivity contribution in [3.8, 4) is 17.1 Å². The average molecular weight is 258 g/mol. The molecule has 3 heterocycles. The highest BCUT2D eigenvalue weighted by atomic mass is 19.1. The Morgan fingerprint density at radius 3 is 2.79 bits per heavy atom. The zero-order valence-corrected chi connectivity index (χ0v) is 10.2. The third-order valence-corrected chi connectivity index (χ3v) is 2.84. The Labute approximate surface area is 108 Å². The van der Waals surface area contributed by atoms with Crippen LogP contribution in [0.3, 0.4) is 0 Å².